The van der Waals surface area contributed by atoms with E-state index in [1.165, 1.54) is 0 Å². The van der Waals surface area contributed by atoms with Gasteiger partial charge in [-0.3, -0.25) is 14.5 Å². The second kappa shape index (κ2) is 12.5. The molecule has 1 N–H and O–H groups in total. The van der Waals surface area contributed by atoms with Crippen molar-refractivity contribution in [3.8, 4) is 11.5 Å². The first-order chi connectivity index (χ1) is 19.5. The maximum atomic E-state index is 14.3. The number of anilines is 1. The number of carbonyl (C=O) groups excluding carboxylic acids is 2. The number of aryl methyl sites for hydroxylation is 1. The van der Waals surface area contributed by atoms with Crippen LogP contribution in [0.25, 0.3) is 0 Å². The first-order valence-corrected chi connectivity index (χ1v) is 13.9. The minimum atomic E-state index is -0.637. The van der Waals surface area contributed by atoms with E-state index >= 15 is 0 Å². The lowest BCUT2D eigenvalue weighted by molar-refractivity contribution is -0.119. The number of nitrogens with zero attached hydrogens (tertiary/aromatic N) is 2. The number of nitrogens with one attached hydrogen (secondary N) is 1. The van der Waals surface area contributed by atoms with Gasteiger partial charge in [-0.15, -0.1) is 0 Å². The maximum absolute atomic E-state index is 14.3. The van der Waals surface area contributed by atoms with Crippen molar-refractivity contribution in [1.29, 1.82) is 0 Å². The van der Waals surface area contributed by atoms with E-state index in [-0.39, 0.29) is 11.8 Å². The number of benzene rings is 3. The molecule has 0 saturated carbocycles. The molecule has 8 nitrogen and oxygen atoms in total. The van der Waals surface area contributed by atoms with Gasteiger partial charge in [0.1, 0.15) is 11.5 Å². The second-order valence-corrected chi connectivity index (χ2v) is 10.2. The Morgan fingerprint density at radius 1 is 1.02 bits per heavy atom. The van der Waals surface area contributed by atoms with Crippen LogP contribution in [0.3, 0.4) is 0 Å². The molecule has 210 valence electrons. The minimum absolute atomic E-state index is 0.0695. The maximum Gasteiger partial charge on any atom is 0.254 e. The summed E-state index contributed by atoms with van der Waals surface area (Å²) in [6, 6.07) is 20.4. The van der Waals surface area contributed by atoms with Crippen LogP contribution in [0.4, 0.5) is 5.69 Å². The van der Waals surface area contributed by atoms with Crippen molar-refractivity contribution in [3.05, 3.63) is 89.0 Å². The molecule has 0 spiro atoms. The fraction of sp³-hybridized carbons (Fsp3) is 0.375. The summed E-state index contributed by atoms with van der Waals surface area (Å²) in [5, 5.41) is 3.13. The largest absolute Gasteiger partial charge is 0.495 e. The van der Waals surface area contributed by atoms with E-state index in [1.807, 2.05) is 85.5 Å². The lowest BCUT2D eigenvalue weighted by atomic mass is 9.79. The molecule has 1 fully saturated rings. The SMILES string of the molecule is CCOc1ccc([C@@H]2[C@@H](C(=O)Nc3cc(C)ccc3OC)c3ccccc3C(=O)N2CCN2CCOCC2)cc1. The molecule has 2 atom stereocenters. The van der Waals surface area contributed by atoms with Gasteiger partial charge in [0.15, 0.2) is 0 Å². The molecule has 2 amide bonds. The van der Waals surface area contributed by atoms with Gasteiger partial charge in [0, 0.05) is 31.7 Å². The Hall–Kier alpha value is -3.88. The van der Waals surface area contributed by atoms with Crippen LogP contribution in [0.2, 0.25) is 0 Å². The zero-order valence-electron chi connectivity index (χ0n) is 23.4. The van der Waals surface area contributed by atoms with Gasteiger partial charge in [-0.25, -0.2) is 0 Å². The number of hydrogen-bond acceptors (Lipinski definition) is 6. The molecule has 0 unspecified atom stereocenters. The van der Waals surface area contributed by atoms with Crippen LogP contribution in [-0.4, -0.2) is 74.7 Å². The topological polar surface area (TPSA) is 80.3 Å². The molecular formula is C32H37N3O5. The summed E-state index contributed by atoms with van der Waals surface area (Å²) in [5.41, 5.74) is 3.77. The Labute approximate surface area is 235 Å². The number of ether oxygens (including phenoxy) is 3. The predicted molar refractivity (Wildman–Crippen MR) is 154 cm³/mol. The van der Waals surface area contributed by atoms with Crippen LogP contribution in [0, 0.1) is 6.92 Å². The normalized spacial score (nSPS) is 19.2. The molecule has 0 radical (unpaired) electrons. The number of rotatable bonds is 9. The third-order valence-electron chi connectivity index (χ3n) is 7.63. The third kappa shape index (κ3) is 5.83. The lowest BCUT2D eigenvalue weighted by Crippen LogP contribution is -2.49. The van der Waals surface area contributed by atoms with E-state index in [2.05, 4.69) is 10.2 Å². The molecule has 0 aliphatic carbocycles. The minimum Gasteiger partial charge on any atom is -0.495 e. The molecule has 3 aromatic rings. The average Bonchev–Trinajstić information content (AvgIpc) is 2.98. The predicted octanol–water partition coefficient (Wildman–Crippen LogP) is 4.65. The van der Waals surface area contributed by atoms with E-state index < -0.39 is 12.0 Å². The van der Waals surface area contributed by atoms with E-state index in [1.54, 1.807) is 7.11 Å². The molecule has 2 heterocycles. The third-order valence-corrected chi connectivity index (χ3v) is 7.63. The molecule has 2 aliphatic heterocycles. The average molecular weight is 544 g/mol. The van der Waals surface area contributed by atoms with E-state index in [9.17, 15) is 9.59 Å². The standard InChI is InChI=1S/C32H37N3O5/c1-4-40-24-12-10-23(11-13-24)30-29(31(36)33-27-21-22(2)9-14-28(27)38-3)25-7-5-6-8-26(25)32(37)35(30)16-15-34-17-19-39-20-18-34/h5-14,21,29-30H,4,15-20H2,1-3H3,(H,33,36)/t29-,30+/m0/s1. The number of fused-ring (bicyclic) bond motifs is 1. The van der Waals surface area contributed by atoms with Crippen molar-refractivity contribution in [2.75, 3.05) is 58.4 Å². The van der Waals surface area contributed by atoms with Crippen LogP contribution in [0.5, 0.6) is 11.5 Å². The summed E-state index contributed by atoms with van der Waals surface area (Å²) in [6.07, 6.45) is 0. The van der Waals surface area contributed by atoms with Crippen molar-refractivity contribution in [2.45, 2.75) is 25.8 Å². The van der Waals surface area contributed by atoms with E-state index in [0.29, 0.717) is 49.9 Å². The number of carbonyl (C=O) groups is 2. The van der Waals surface area contributed by atoms with Gasteiger partial charge in [-0.1, -0.05) is 36.4 Å². The van der Waals surface area contributed by atoms with Gasteiger partial charge in [-0.05, 0) is 60.9 Å². The molecule has 1 saturated heterocycles. The molecule has 5 rings (SSSR count). The summed E-state index contributed by atoms with van der Waals surface area (Å²) in [6.45, 7) is 8.67. The number of amides is 2. The Kier molecular flexibility index (Phi) is 8.67. The van der Waals surface area contributed by atoms with Crippen molar-refractivity contribution in [1.82, 2.24) is 9.80 Å². The Morgan fingerprint density at radius 3 is 2.50 bits per heavy atom. The first kappa shape index (κ1) is 27.7. The van der Waals surface area contributed by atoms with Crippen LogP contribution in [-0.2, 0) is 9.53 Å². The molecule has 3 aromatic carbocycles. The Morgan fingerprint density at radius 2 is 1.77 bits per heavy atom. The summed E-state index contributed by atoms with van der Waals surface area (Å²) < 4.78 is 16.7. The fourth-order valence-corrected chi connectivity index (χ4v) is 5.62. The van der Waals surface area contributed by atoms with Gasteiger partial charge < -0.3 is 24.4 Å². The van der Waals surface area contributed by atoms with Gasteiger partial charge >= 0.3 is 0 Å². The smallest absolute Gasteiger partial charge is 0.254 e. The van der Waals surface area contributed by atoms with Gasteiger partial charge in [0.2, 0.25) is 5.91 Å². The summed E-state index contributed by atoms with van der Waals surface area (Å²) >= 11 is 0. The molecular weight excluding hydrogens is 506 g/mol. The highest BCUT2D eigenvalue weighted by molar-refractivity contribution is 6.04. The summed E-state index contributed by atoms with van der Waals surface area (Å²) in [7, 11) is 1.59. The monoisotopic (exact) mass is 543 g/mol. The number of methoxy groups -OCH3 is 1. The first-order valence-electron chi connectivity index (χ1n) is 13.9. The molecule has 0 bridgehead atoms. The highest BCUT2D eigenvalue weighted by Gasteiger charge is 2.44. The van der Waals surface area contributed by atoms with Gasteiger partial charge in [0.25, 0.3) is 5.91 Å². The zero-order valence-corrected chi connectivity index (χ0v) is 23.4. The van der Waals surface area contributed by atoms with Crippen LogP contribution < -0.4 is 14.8 Å². The molecule has 2 aliphatic rings. The van der Waals surface area contributed by atoms with E-state index in [0.717, 1.165) is 35.5 Å². The van der Waals surface area contributed by atoms with Crippen molar-refractivity contribution in [2.24, 2.45) is 0 Å². The Bertz CT molecular complexity index is 1340. The lowest BCUT2D eigenvalue weighted by Gasteiger charge is -2.43. The second-order valence-electron chi connectivity index (χ2n) is 10.2. The fourth-order valence-electron chi connectivity index (χ4n) is 5.62. The van der Waals surface area contributed by atoms with Crippen LogP contribution in [0.15, 0.2) is 66.7 Å². The summed E-state index contributed by atoms with van der Waals surface area (Å²) in [5.74, 6) is 0.431. The molecule has 40 heavy (non-hydrogen) atoms. The number of hydrogen-bond donors (Lipinski definition) is 1. The molecule has 0 aromatic heterocycles. The summed E-state index contributed by atoms with van der Waals surface area (Å²) in [4.78, 5) is 32.5. The van der Waals surface area contributed by atoms with Crippen molar-refractivity contribution in [3.63, 3.8) is 0 Å². The van der Waals surface area contributed by atoms with Crippen molar-refractivity contribution >= 4 is 17.5 Å². The highest BCUT2D eigenvalue weighted by atomic mass is 16.5. The quantitative estimate of drug-likeness (QED) is 0.423. The Balaban J connectivity index is 1.56. The van der Waals surface area contributed by atoms with Crippen molar-refractivity contribution < 1.29 is 23.8 Å². The number of morpholine rings is 1. The molecule has 8 heteroatoms. The highest BCUT2D eigenvalue weighted by Crippen LogP contribution is 2.44. The zero-order chi connectivity index (χ0) is 28.1. The van der Waals surface area contributed by atoms with Crippen LogP contribution in [0.1, 0.15) is 45.9 Å². The van der Waals surface area contributed by atoms with Gasteiger partial charge in [0.05, 0.1) is 44.6 Å². The van der Waals surface area contributed by atoms with E-state index in [4.69, 9.17) is 14.2 Å². The van der Waals surface area contributed by atoms with Gasteiger partial charge in [-0.2, -0.15) is 0 Å². The van der Waals surface area contributed by atoms with Crippen LogP contribution >= 0.6 is 0 Å².